The summed E-state index contributed by atoms with van der Waals surface area (Å²) in [5.41, 5.74) is 5.12. The molecule has 1 N–H and O–H groups in total. The van der Waals surface area contributed by atoms with Crippen molar-refractivity contribution in [1.82, 2.24) is 15.1 Å². The van der Waals surface area contributed by atoms with Crippen LogP contribution in [0.2, 0.25) is 0 Å². The normalized spacial score (nSPS) is 12.7. The Hall–Kier alpha value is -1.61. The topological polar surface area (TPSA) is 29.9 Å². The van der Waals surface area contributed by atoms with Crippen molar-refractivity contribution in [1.29, 1.82) is 0 Å². The molecule has 2 rings (SSSR count). The highest BCUT2D eigenvalue weighted by Crippen LogP contribution is 2.24. The fraction of sp³-hybridized carbons (Fsp3) is 0.357. The Morgan fingerprint density at radius 3 is 2.59 bits per heavy atom. The molecule has 0 aliphatic carbocycles. The first-order chi connectivity index (χ1) is 8.11. The molecule has 1 aromatic heterocycles. The Balaban J connectivity index is 2.42. The van der Waals surface area contributed by atoms with Gasteiger partial charge in [0.2, 0.25) is 0 Å². The van der Waals surface area contributed by atoms with Crippen molar-refractivity contribution in [3.05, 3.63) is 52.8 Å². The van der Waals surface area contributed by atoms with Crippen LogP contribution >= 0.6 is 0 Å². The van der Waals surface area contributed by atoms with Crippen LogP contribution in [-0.2, 0) is 7.05 Å². The largest absolute Gasteiger partial charge is 0.309 e. The van der Waals surface area contributed by atoms with E-state index in [0.29, 0.717) is 0 Å². The second kappa shape index (κ2) is 4.72. The van der Waals surface area contributed by atoms with Gasteiger partial charge in [0.15, 0.2) is 0 Å². The van der Waals surface area contributed by atoms with Crippen LogP contribution in [0.5, 0.6) is 0 Å². The number of benzene rings is 1. The Kier molecular flexibility index (Phi) is 3.29. The summed E-state index contributed by atoms with van der Waals surface area (Å²) in [6.45, 7) is 4.28. The summed E-state index contributed by atoms with van der Waals surface area (Å²) in [5, 5.41) is 7.59. The van der Waals surface area contributed by atoms with Crippen molar-refractivity contribution in [2.75, 3.05) is 7.05 Å². The van der Waals surface area contributed by atoms with E-state index >= 15 is 0 Å². The molecule has 90 valence electrons. The van der Waals surface area contributed by atoms with Gasteiger partial charge in [-0.2, -0.15) is 5.10 Å². The van der Waals surface area contributed by atoms with Gasteiger partial charge in [-0.25, -0.2) is 0 Å². The highest BCUT2D eigenvalue weighted by Gasteiger charge is 2.15. The van der Waals surface area contributed by atoms with Gasteiger partial charge in [0.25, 0.3) is 0 Å². The standard InChI is InChI=1S/C14H19N3/c1-10-5-6-13(11(2)7-10)14(15-3)12-8-16-17(4)9-12/h5-9,14-15H,1-4H3. The molecule has 1 heterocycles. The number of hydrogen-bond acceptors (Lipinski definition) is 2. The van der Waals surface area contributed by atoms with Crippen molar-refractivity contribution >= 4 is 0 Å². The summed E-state index contributed by atoms with van der Waals surface area (Å²) in [5.74, 6) is 0. The van der Waals surface area contributed by atoms with E-state index in [0.717, 1.165) is 0 Å². The van der Waals surface area contributed by atoms with Crippen molar-refractivity contribution in [3.8, 4) is 0 Å². The molecule has 0 saturated heterocycles. The van der Waals surface area contributed by atoms with Crippen LogP contribution in [0.4, 0.5) is 0 Å². The molecule has 1 unspecified atom stereocenters. The van der Waals surface area contributed by atoms with Crippen molar-refractivity contribution in [2.45, 2.75) is 19.9 Å². The first-order valence-corrected chi connectivity index (χ1v) is 5.85. The molecular formula is C14H19N3. The van der Waals surface area contributed by atoms with Gasteiger partial charge in [0.1, 0.15) is 0 Å². The quantitative estimate of drug-likeness (QED) is 0.875. The summed E-state index contributed by atoms with van der Waals surface area (Å²) in [6.07, 6.45) is 3.97. The maximum atomic E-state index is 4.23. The molecule has 3 nitrogen and oxygen atoms in total. The third-order valence-corrected chi connectivity index (χ3v) is 3.08. The zero-order chi connectivity index (χ0) is 12.4. The molecule has 0 saturated carbocycles. The van der Waals surface area contributed by atoms with Crippen LogP contribution in [0.25, 0.3) is 0 Å². The van der Waals surface area contributed by atoms with Crippen molar-refractivity contribution in [2.24, 2.45) is 7.05 Å². The monoisotopic (exact) mass is 229 g/mol. The van der Waals surface area contributed by atoms with Gasteiger partial charge in [0.05, 0.1) is 12.2 Å². The SMILES string of the molecule is CNC(c1cnn(C)c1)c1ccc(C)cc1C. The zero-order valence-corrected chi connectivity index (χ0v) is 10.9. The van der Waals surface area contributed by atoms with Crippen LogP contribution in [0.3, 0.4) is 0 Å². The predicted octanol–water partition coefficient (Wildman–Crippen LogP) is 2.35. The maximum absolute atomic E-state index is 4.23. The highest BCUT2D eigenvalue weighted by molar-refractivity contribution is 5.37. The van der Waals surface area contributed by atoms with Crippen LogP contribution in [0, 0.1) is 13.8 Å². The Labute approximate surface area is 102 Å². The van der Waals surface area contributed by atoms with Gasteiger partial charge in [-0.3, -0.25) is 4.68 Å². The van der Waals surface area contributed by atoms with Gasteiger partial charge in [-0.1, -0.05) is 23.8 Å². The van der Waals surface area contributed by atoms with E-state index in [1.165, 1.54) is 22.3 Å². The Morgan fingerprint density at radius 2 is 2.06 bits per heavy atom. The number of aryl methyl sites for hydroxylation is 3. The number of aromatic nitrogens is 2. The highest BCUT2D eigenvalue weighted by atomic mass is 15.2. The fourth-order valence-corrected chi connectivity index (χ4v) is 2.24. The summed E-state index contributed by atoms with van der Waals surface area (Å²) in [4.78, 5) is 0. The lowest BCUT2D eigenvalue weighted by molar-refractivity contribution is 0.685. The second-order valence-corrected chi connectivity index (χ2v) is 4.53. The van der Waals surface area contributed by atoms with Crippen LogP contribution in [0.1, 0.15) is 28.3 Å². The minimum Gasteiger partial charge on any atom is -0.309 e. The molecular weight excluding hydrogens is 210 g/mol. The molecule has 1 aromatic carbocycles. The third kappa shape index (κ3) is 2.39. The lowest BCUT2D eigenvalue weighted by atomic mass is 9.96. The van der Waals surface area contributed by atoms with E-state index in [2.05, 4.69) is 48.7 Å². The van der Waals surface area contributed by atoms with E-state index in [4.69, 9.17) is 0 Å². The lowest BCUT2D eigenvalue weighted by Crippen LogP contribution is -2.18. The first-order valence-electron chi connectivity index (χ1n) is 5.85. The molecule has 3 heteroatoms. The summed E-state index contributed by atoms with van der Waals surface area (Å²) >= 11 is 0. The summed E-state index contributed by atoms with van der Waals surface area (Å²) in [7, 11) is 3.93. The van der Waals surface area contributed by atoms with E-state index in [9.17, 15) is 0 Å². The predicted molar refractivity (Wildman–Crippen MR) is 70.0 cm³/mol. The Morgan fingerprint density at radius 1 is 1.29 bits per heavy atom. The summed E-state index contributed by atoms with van der Waals surface area (Å²) in [6, 6.07) is 6.78. The average Bonchev–Trinajstić information content (AvgIpc) is 2.69. The van der Waals surface area contributed by atoms with Gasteiger partial charge in [-0.15, -0.1) is 0 Å². The van der Waals surface area contributed by atoms with Crippen LogP contribution < -0.4 is 5.32 Å². The van der Waals surface area contributed by atoms with E-state index in [1.54, 1.807) is 0 Å². The molecule has 0 aliphatic rings. The smallest absolute Gasteiger partial charge is 0.0608 e. The van der Waals surface area contributed by atoms with E-state index in [1.807, 2.05) is 25.0 Å². The van der Waals surface area contributed by atoms with Crippen LogP contribution in [0.15, 0.2) is 30.6 Å². The minimum absolute atomic E-state index is 0.212. The summed E-state index contributed by atoms with van der Waals surface area (Å²) < 4.78 is 1.84. The number of hydrogen-bond donors (Lipinski definition) is 1. The van der Waals surface area contributed by atoms with Gasteiger partial charge < -0.3 is 5.32 Å². The molecule has 0 bridgehead atoms. The molecule has 17 heavy (non-hydrogen) atoms. The second-order valence-electron chi connectivity index (χ2n) is 4.53. The first kappa shape index (κ1) is 11.9. The van der Waals surface area contributed by atoms with E-state index in [-0.39, 0.29) is 6.04 Å². The molecule has 2 aromatic rings. The minimum atomic E-state index is 0.212. The molecule has 1 atom stereocenters. The zero-order valence-electron chi connectivity index (χ0n) is 10.9. The third-order valence-electron chi connectivity index (χ3n) is 3.08. The fourth-order valence-electron chi connectivity index (χ4n) is 2.24. The number of nitrogens with one attached hydrogen (secondary N) is 1. The van der Waals surface area contributed by atoms with Crippen LogP contribution in [-0.4, -0.2) is 16.8 Å². The Bertz CT molecular complexity index is 514. The van der Waals surface area contributed by atoms with E-state index < -0.39 is 0 Å². The molecule has 0 aliphatic heterocycles. The van der Waals surface area contributed by atoms with Crippen molar-refractivity contribution < 1.29 is 0 Å². The van der Waals surface area contributed by atoms with Gasteiger partial charge >= 0.3 is 0 Å². The molecule has 0 radical (unpaired) electrons. The molecule has 0 spiro atoms. The van der Waals surface area contributed by atoms with Gasteiger partial charge in [0, 0.05) is 18.8 Å². The van der Waals surface area contributed by atoms with Gasteiger partial charge in [-0.05, 0) is 32.0 Å². The maximum Gasteiger partial charge on any atom is 0.0608 e. The number of rotatable bonds is 3. The number of nitrogens with zero attached hydrogens (tertiary/aromatic N) is 2. The van der Waals surface area contributed by atoms with Crippen molar-refractivity contribution in [3.63, 3.8) is 0 Å². The average molecular weight is 229 g/mol. The molecule has 0 amide bonds. The molecule has 0 fully saturated rings. The lowest BCUT2D eigenvalue weighted by Gasteiger charge is -2.17.